The van der Waals surface area contributed by atoms with Crippen molar-refractivity contribution in [3.63, 3.8) is 0 Å². The summed E-state index contributed by atoms with van der Waals surface area (Å²) in [5.74, 6) is 0.990. The summed E-state index contributed by atoms with van der Waals surface area (Å²) in [6.45, 7) is 3.27. The molecular weight excluding hydrogens is 260 g/mol. The third kappa shape index (κ3) is 3.06. The number of hydrogen-bond acceptors (Lipinski definition) is 3. The number of rotatable bonds is 2. The van der Waals surface area contributed by atoms with Crippen LogP contribution < -0.4 is 4.74 Å². The third-order valence-corrected chi connectivity index (χ3v) is 3.43. The standard InChI is InChI=1S/C15H15ClN2O/c16-13-5-6-17-14(9-13)11-18-7-8-19-15-4-2-1-3-12(15)10-18/h1-6,9H,7-8,10-11H2. The van der Waals surface area contributed by atoms with Crippen LogP contribution in [0, 0.1) is 0 Å². The molecule has 3 nitrogen and oxygen atoms in total. The number of hydrogen-bond donors (Lipinski definition) is 0. The van der Waals surface area contributed by atoms with E-state index in [2.05, 4.69) is 16.0 Å². The molecule has 3 rings (SSSR count). The summed E-state index contributed by atoms with van der Waals surface area (Å²) >= 11 is 5.99. The Morgan fingerprint density at radius 3 is 3.05 bits per heavy atom. The average Bonchev–Trinajstić information content (AvgIpc) is 2.60. The number of pyridine rings is 1. The molecule has 0 fully saturated rings. The van der Waals surface area contributed by atoms with Gasteiger partial charge in [0.25, 0.3) is 0 Å². The van der Waals surface area contributed by atoms with E-state index in [0.717, 1.165) is 36.1 Å². The van der Waals surface area contributed by atoms with Gasteiger partial charge in [-0.25, -0.2) is 0 Å². The maximum atomic E-state index is 5.99. The molecule has 0 saturated heterocycles. The zero-order chi connectivity index (χ0) is 13.1. The first kappa shape index (κ1) is 12.5. The Balaban J connectivity index is 1.76. The van der Waals surface area contributed by atoms with E-state index < -0.39 is 0 Å². The van der Waals surface area contributed by atoms with Gasteiger partial charge in [0.2, 0.25) is 0 Å². The summed E-state index contributed by atoms with van der Waals surface area (Å²) in [4.78, 5) is 6.68. The second-order valence-electron chi connectivity index (χ2n) is 4.63. The number of nitrogens with zero attached hydrogens (tertiary/aromatic N) is 2. The molecular formula is C15H15ClN2O. The van der Waals surface area contributed by atoms with Crippen LogP contribution in [0.5, 0.6) is 5.75 Å². The third-order valence-electron chi connectivity index (χ3n) is 3.20. The summed E-state index contributed by atoms with van der Waals surface area (Å²) in [5, 5.41) is 0.733. The summed E-state index contributed by atoms with van der Waals surface area (Å²) in [6, 6.07) is 11.9. The van der Waals surface area contributed by atoms with Crippen molar-refractivity contribution in [2.75, 3.05) is 13.2 Å². The zero-order valence-electron chi connectivity index (χ0n) is 10.6. The lowest BCUT2D eigenvalue weighted by Gasteiger charge is -2.18. The van der Waals surface area contributed by atoms with Crippen LogP contribution in [0.15, 0.2) is 42.6 Å². The number of fused-ring (bicyclic) bond motifs is 1. The lowest BCUT2D eigenvalue weighted by Crippen LogP contribution is -2.25. The molecule has 0 unspecified atom stereocenters. The second kappa shape index (κ2) is 5.59. The van der Waals surface area contributed by atoms with Gasteiger partial charge in [-0.3, -0.25) is 9.88 Å². The Kier molecular flexibility index (Phi) is 3.67. The van der Waals surface area contributed by atoms with Gasteiger partial charge in [0.15, 0.2) is 0 Å². The molecule has 98 valence electrons. The van der Waals surface area contributed by atoms with Gasteiger partial charge in [-0.05, 0) is 18.2 Å². The SMILES string of the molecule is Clc1ccnc(CN2CCOc3ccccc3C2)c1. The van der Waals surface area contributed by atoms with Crippen molar-refractivity contribution in [3.8, 4) is 5.75 Å². The second-order valence-corrected chi connectivity index (χ2v) is 5.07. The van der Waals surface area contributed by atoms with Crippen molar-refractivity contribution in [1.82, 2.24) is 9.88 Å². The van der Waals surface area contributed by atoms with Crippen molar-refractivity contribution < 1.29 is 4.74 Å². The molecule has 2 aromatic rings. The minimum atomic E-state index is 0.706. The predicted molar refractivity (Wildman–Crippen MR) is 75.3 cm³/mol. The van der Waals surface area contributed by atoms with Crippen molar-refractivity contribution in [1.29, 1.82) is 0 Å². The molecule has 1 aliphatic heterocycles. The van der Waals surface area contributed by atoms with Crippen LogP contribution in [0.4, 0.5) is 0 Å². The maximum absolute atomic E-state index is 5.99. The van der Waals surface area contributed by atoms with Crippen molar-refractivity contribution in [3.05, 3.63) is 58.9 Å². The first-order valence-electron chi connectivity index (χ1n) is 6.35. The zero-order valence-corrected chi connectivity index (χ0v) is 11.3. The first-order valence-corrected chi connectivity index (χ1v) is 6.72. The van der Waals surface area contributed by atoms with E-state index in [1.54, 1.807) is 12.3 Å². The van der Waals surface area contributed by atoms with Gasteiger partial charge in [0.05, 0.1) is 5.69 Å². The Hall–Kier alpha value is -1.58. The highest BCUT2D eigenvalue weighted by molar-refractivity contribution is 6.30. The Morgan fingerprint density at radius 1 is 1.26 bits per heavy atom. The van der Waals surface area contributed by atoms with E-state index >= 15 is 0 Å². The van der Waals surface area contributed by atoms with Gasteiger partial charge in [-0.2, -0.15) is 0 Å². The largest absolute Gasteiger partial charge is 0.492 e. The molecule has 0 bridgehead atoms. The van der Waals surface area contributed by atoms with E-state index in [1.807, 2.05) is 24.3 Å². The van der Waals surface area contributed by atoms with E-state index in [9.17, 15) is 0 Å². The number of para-hydroxylation sites is 1. The van der Waals surface area contributed by atoms with E-state index in [4.69, 9.17) is 16.3 Å². The van der Waals surface area contributed by atoms with Crippen LogP contribution in [0.2, 0.25) is 5.02 Å². The number of ether oxygens (including phenoxy) is 1. The van der Waals surface area contributed by atoms with Crippen LogP contribution in [0.25, 0.3) is 0 Å². The summed E-state index contributed by atoms with van der Waals surface area (Å²) in [5.41, 5.74) is 2.22. The van der Waals surface area contributed by atoms with Gasteiger partial charge < -0.3 is 4.74 Å². The Labute approximate surface area is 117 Å². The Bertz CT molecular complexity index is 574. The average molecular weight is 275 g/mol. The van der Waals surface area contributed by atoms with Crippen LogP contribution in [-0.4, -0.2) is 23.0 Å². The van der Waals surface area contributed by atoms with E-state index in [0.29, 0.717) is 6.61 Å². The lowest BCUT2D eigenvalue weighted by atomic mass is 10.2. The number of aromatic nitrogens is 1. The quantitative estimate of drug-likeness (QED) is 0.841. The molecule has 0 aliphatic carbocycles. The minimum Gasteiger partial charge on any atom is -0.492 e. The van der Waals surface area contributed by atoms with Gasteiger partial charge in [-0.15, -0.1) is 0 Å². The molecule has 0 saturated carbocycles. The highest BCUT2D eigenvalue weighted by atomic mass is 35.5. The maximum Gasteiger partial charge on any atom is 0.123 e. The van der Waals surface area contributed by atoms with Gasteiger partial charge >= 0.3 is 0 Å². The van der Waals surface area contributed by atoms with Crippen LogP contribution >= 0.6 is 11.6 Å². The van der Waals surface area contributed by atoms with Crippen molar-refractivity contribution >= 4 is 11.6 Å². The summed E-state index contributed by atoms with van der Waals surface area (Å²) in [7, 11) is 0. The van der Waals surface area contributed by atoms with E-state index in [1.165, 1.54) is 5.56 Å². The predicted octanol–water partition coefficient (Wildman–Crippen LogP) is 3.13. The monoisotopic (exact) mass is 274 g/mol. The molecule has 0 radical (unpaired) electrons. The van der Waals surface area contributed by atoms with Crippen LogP contribution in [0.3, 0.4) is 0 Å². The molecule has 0 N–H and O–H groups in total. The summed E-state index contributed by atoms with van der Waals surface area (Å²) < 4.78 is 5.75. The fraction of sp³-hybridized carbons (Fsp3) is 0.267. The van der Waals surface area contributed by atoms with Gasteiger partial charge in [0, 0.05) is 36.4 Å². The molecule has 4 heteroatoms. The smallest absolute Gasteiger partial charge is 0.123 e. The molecule has 0 amide bonds. The van der Waals surface area contributed by atoms with Crippen LogP contribution in [0.1, 0.15) is 11.3 Å². The van der Waals surface area contributed by atoms with Gasteiger partial charge in [0.1, 0.15) is 12.4 Å². The van der Waals surface area contributed by atoms with E-state index in [-0.39, 0.29) is 0 Å². The Morgan fingerprint density at radius 2 is 2.16 bits per heavy atom. The fourth-order valence-corrected chi connectivity index (χ4v) is 2.46. The molecule has 1 aliphatic rings. The molecule has 1 aromatic heterocycles. The minimum absolute atomic E-state index is 0.706. The topological polar surface area (TPSA) is 25.4 Å². The molecule has 0 atom stereocenters. The normalized spacial score (nSPS) is 15.4. The van der Waals surface area contributed by atoms with Crippen LogP contribution in [-0.2, 0) is 13.1 Å². The summed E-state index contributed by atoms with van der Waals surface area (Å²) in [6.07, 6.45) is 1.75. The first-order chi connectivity index (χ1) is 9.31. The number of halogens is 1. The molecule has 0 spiro atoms. The number of benzene rings is 1. The highest BCUT2D eigenvalue weighted by Crippen LogP contribution is 2.23. The van der Waals surface area contributed by atoms with Gasteiger partial charge in [-0.1, -0.05) is 29.8 Å². The molecule has 1 aromatic carbocycles. The highest BCUT2D eigenvalue weighted by Gasteiger charge is 2.15. The fourth-order valence-electron chi connectivity index (χ4n) is 2.28. The molecule has 19 heavy (non-hydrogen) atoms. The van der Waals surface area contributed by atoms with Crippen molar-refractivity contribution in [2.24, 2.45) is 0 Å². The lowest BCUT2D eigenvalue weighted by molar-refractivity contribution is 0.218. The van der Waals surface area contributed by atoms with Crippen molar-refractivity contribution in [2.45, 2.75) is 13.1 Å². The molecule has 2 heterocycles.